The Hall–Kier alpha value is -2.13. The topological polar surface area (TPSA) is 63.5 Å². The second-order valence-corrected chi connectivity index (χ2v) is 8.26. The molecule has 7 heteroatoms. The Balaban J connectivity index is 0.00000289. The molecule has 1 aromatic heterocycles. The minimum atomic E-state index is 0. The summed E-state index contributed by atoms with van der Waals surface area (Å²) in [5.74, 6) is 2.19. The van der Waals surface area contributed by atoms with E-state index >= 15 is 0 Å². The quantitative estimate of drug-likeness (QED) is 0.266. The fourth-order valence-electron chi connectivity index (χ4n) is 4.23. The third-order valence-electron chi connectivity index (χ3n) is 5.98. The van der Waals surface area contributed by atoms with Crippen molar-refractivity contribution in [3.05, 3.63) is 65.5 Å². The molecule has 0 saturated carbocycles. The lowest BCUT2D eigenvalue weighted by atomic mass is 9.89. The van der Waals surface area contributed by atoms with Gasteiger partial charge in [-0.25, -0.2) is 9.98 Å². The van der Waals surface area contributed by atoms with E-state index in [4.69, 9.17) is 14.7 Å². The van der Waals surface area contributed by atoms with Gasteiger partial charge in [-0.3, -0.25) is 0 Å². The molecule has 32 heavy (non-hydrogen) atoms. The lowest BCUT2D eigenvalue weighted by Gasteiger charge is -2.32. The van der Waals surface area contributed by atoms with Crippen LogP contribution in [-0.2, 0) is 18.3 Å². The van der Waals surface area contributed by atoms with E-state index in [1.807, 2.05) is 25.2 Å². The first-order valence-electron chi connectivity index (χ1n) is 11.3. The summed E-state index contributed by atoms with van der Waals surface area (Å²) in [7, 11) is 2.05. The minimum absolute atomic E-state index is 0. The highest BCUT2D eigenvalue weighted by molar-refractivity contribution is 14.0. The van der Waals surface area contributed by atoms with Crippen molar-refractivity contribution in [2.45, 2.75) is 39.3 Å². The summed E-state index contributed by atoms with van der Waals surface area (Å²) in [6, 6.07) is 16.9. The first-order valence-corrected chi connectivity index (χ1v) is 11.3. The van der Waals surface area contributed by atoms with E-state index in [0.717, 1.165) is 55.4 Å². The van der Waals surface area contributed by atoms with Gasteiger partial charge in [-0.15, -0.1) is 24.0 Å². The van der Waals surface area contributed by atoms with Crippen LogP contribution in [0.3, 0.4) is 0 Å². The van der Waals surface area contributed by atoms with Crippen molar-refractivity contribution in [2.24, 2.45) is 18.0 Å². The van der Waals surface area contributed by atoms with E-state index in [-0.39, 0.29) is 30.1 Å². The van der Waals surface area contributed by atoms with Crippen molar-refractivity contribution < 1.29 is 4.74 Å². The number of imidazole rings is 1. The number of guanidine groups is 1. The van der Waals surface area contributed by atoms with E-state index in [0.29, 0.717) is 12.5 Å². The van der Waals surface area contributed by atoms with Crippen molar-refractivity contribution in [1.29, 1.82) is 0 Å². The Morgan fingerprint density at radius 2 is 1.94 bits per heavy atom. The lowest BCUT2D eigenvalue weighted by Crippen LogP contribution is -2.42. The third kappa shape index (κ3) is 5.81. The summed E-state index contributed by atoms with van der Waals surface area (Å²) >= 11 is 0. The number of aryl methyl sites for hydroxylation is 2. The van der Waals surface area contributed by atoms with Crippen molar-refractivity contribution >= 4 is 41.0 Å². The Bertz CT molecular complexity index is 1030. The molecule has 2 aromatic carbocycles. The van der Waals surface area contributed by atoms with Gasteiger partial charge in [-0.2, -0.15) is 0 Å². The van der Waals surface area contributed by atoms with Gasteiger partial charge in [0.1, 0.15) is 12.4 Å². The summed E-state index contributed by atoms with van der Waals surface area (Å²) in [6.07, 6.45) is 2.38. The maximum absolute atomic E-state index is 6.17. The Morgan fingerprint density at radius 3 is 2.69 bits per heavy atom. The van der Waals surface area contributed by atoms with Crippen LogP contribution < -0.4 is 10.6 Å². The minimum Gasteiger partial charge on any atom is -0.373 e. The molecule has 2 heterocycles. The number of rotatable bonds is 6. The van der Waals surface area contributed by atoms with Gasteiger partial charge in [0.05, 0.1) is 17.1 Å². The van der Waals surface area contributed by atoms with Gasteiger partial charge >= 0.3 is 0 Å². The average molecular weight is 547 g/mol. The van der Waals surface area contributed by atoms with E-state index in [1.165, 1.54) is 11.1 Å². The summed E-state index contributed by atoms with van der Waals surface area (Å²) in [5, 5.41) is 6.92. The molecule has 0 bridgehead atoms. The van der Waals surface area contributed by atoms with Gasteiger partial charge < -0.3 is 19.9 Å². The van der Waals surface area contributed by atoms with Gasteiger partial charge in [0, 0.05) is 32.7 Å². The van der Waals surface area contributed by atoms with Crippen LogP contribution in [0.25, 0.3) is 11.0 Å². The van der Waals surface area contributed by atoms with E-state index in [9.17, 15) is 0 Å². The molecule has 1 fully saturated rings. The zero-order valence-corrected chi connectivity index (χ0v) is 21.5. The smallest absolute Gasteiger partial charge is 0.191 e. The molecule has 2 unspecified atom stereocenters. The largest absolute Gasteiger partial charge is 0.373 e. The van der Waals surface area contributed by atoms with Crippen LogP contribution in [-0.4, -0.2) is 35.2 Å². The molecule has 4 rings (SSSR count). The van der Waals surface area contributed by atoms with Crippen LogP contribution in [0.2, 0.25) is 0 Å². The molecule has 1 saturated heterocycles. The number of aliphatic imine (C=N–C) groups is 1. The number of ether oxygens (including phenoxy) is 1. The molecular weight excluding hydrogens is 513 g/mol. The second kappa shape index (κ2) is 11.7. The van der Waals surface area contributed by atoms with Crippen LogP contribution in [0.5, 0.6) is 0 Å². The molecule has 0 aliphatic carbocycles. The molecule has 2 atom stereocenters. The van der Waals surface area contributed by atoms with Gasteiger partial charge in [0.25, 0.3) is 0 Å². The molecule has 0 spiro atoms. The monoisotopic (exact) mass is 547 g/mol. The number of aromatic nitrogens is 2. The van der Waals surface area contributed by atoms with Gasteiger partial charge in [0.2, 0.25) is 0 Å². The third-order valence-corrected chi connectivity index (χ3v) is 5.98. The first kappa shape index (κ1) is 24.5. The van der Waals surface area contributed by atoms with Crippen LogP contribution in [0.15, 0.2) is 53.5 Å². The Labute approximate surface area is 207 Å². The predicted molar refractivity (Wildman–Crippen MR) is 142 cm³/mol. The van der Waals surface area contributed by atoms with Gasteiger partial charge in [-0.1, -0.05) is 42.0 Å². The summed E-state index contributed by atoms with van der Waals surface area (Å²) in [4.78, 5) is 9.54. The van der Waals surface area contributed by atoms with Crippen molar-refractivity contribution in [3.63, 3.8) is 0 Å². The number of benzene rings is 2. The number of hydrogen-bond donors (Lipinski definition) is 2. The number of fused-ring (bicyclic) bond motifs is 1. The fraction of sp³-hybridized carbons (Fsp3) is 0.440. The van der Waals surface area contributed by atoms with Crippen LogP contribution in [0.1, 0.15) is 42.8 Å². The number of hydrogen-bond acceptors (Lipinski definition) is 3. The zero-order chi connectivity index (χ0) is 21.6. The SMILES string of the molecule is CCNC(=NCc1nc2ccccc2n1C)NCC1CCCOC1c1ccc(C)cc1.I. The molecule has 0 radical (unpaired) electrons. The van der Waals surface area contributed by atoms with Crippen molar-refractivity contribution in [1.82, 2.24) is 20.2 Å². The van der Waals surface area contributed by atoms with Crippen molar-refractivity contribution in [3.8, 4) is 0 Å². The van der Waals surface area contributed by atoms with Crippen molar-refractivity contribution in [2.75, 3.05) is 19.7 Å². The normalized spacial score (nSPS) is 18.9. The highest BCUT2D eigenvalue weighted by Gasteiger charge is 2.27. The number of para-hydroxylation sites is 2. The molecular formula is C25H34IN5O. The molecule has 6 nitrogen and oxygen atoms in total. The fourth-order valence-corrected chi connectivity index (χ4v) is 4.23. The number of nitrogens with zero attached hydrogens (tertiary/aromatic N) is 3. The maximum Gasteiger partial charge on any atom is 0.191 e. The summed E-state index contributed by atoms with van der Waals surface area (Å²) in [6.45, 7) is 7.21. The number of halogens is 1. The zero-order valence-electron chi connectivity index (χ0n) is 19.2. The highest BCUT2D eigenvalue weighted by atomic mass is 127. The maximum atomic E-state index is 6.17. The molecule has 2 N–H and O–H groups in total. The standard InChI is InChI=1S/C25H33N5O.HI/c1-4-26-25(28-17-23-29-21-9-5-6-10-22(21)30(23)3)27-16-20-8-7-15-31-24(20)19-13-11-18(2)12-14-19;/h5-6,9-14,20,24H,4,7-8,15-17H2,1-3H3,(H2,26,27,28);1H. The lowest BCUT2D eigenvalue weighted by molar-refractivity contribution is -0.0265. The molecule has 172 valence electrons. The van der Waals surface area contributed by atoms with Gasteiger partial charge in [0.15, 0.2) is 5.96 Å². The van der Waals surface area contributed by atoms with Crippen LogP contribution in [0, 0.1) is 12.8 Å². The van der Waals surface area contributed by atoms with E-state index < -0.39 is 0 Å². The first-order chi connectivity index (χ1) is 15.2. The molecule has 1 aliphatic rings. The number of nitrogens with one attached hydrogen (secondary N) is 2. The molecule has 3 aromatic rings. The van der Waals surface area contributed by atoms with E-state index in [1.54, 1.807) is 0 Å². The second-order valence-electron chi connectivity index (χ2n) is 8.26. The molecule has 1 aliphatic heterocycles. The van der Waals surface area contributed by atoms with Crippen LogP contribution >= 0.6 is 24.0 Å². The average Bonchev–Trinajstić information content (AvgIpc) is 3.12. The van der Waals surface area contributed by atoms with Gasteiger partial charge in [-0.05, 0) is 44.4 Å². The van der Waals surface area contributed by atoms with Crippen LogP contribution in [0.4, 0.5) is 0 Å². The summed E-state index contributed by atoms with van der Waals surface area (Å²) < 4.78 is 8.29. The van der Waals surface area contributed by atoms with E-state index in [2.05, 4.69) is 59.4 Å². The highest BCUT2D eigenvalue weighted by Crippen LogP contribution is 2.33. The Morgan fingerprint density at radius 1 is 1.16 bits per heavy atom. The Kier molecular flexibility index (Phi) is 8.92. The summed E-state index contributed by atoms with van der Waals surface area (Å²) in [5.41, 5.74) is 4.68. The molecule has 0 amide bonds. The predicted octanol–water partition coefficient (Wildman–Crippen LogP) is 4.72.